The average Bonchev–Trinajstić information content (AvgIpc) is 2.05. The number of hydrogen-bond acceptors (Lipinski definition) is 1. The van der Waals surface area contributed by atoms with Gasteiger partial charge in [0.1, 0.15) is 5.75 Å². The van der Waals surface area contributed by atoms with Crippen LogP contribution in [0.25, 0.3) is 4.85 Å². The topological polar surface area (TPSA) is 24.6 Å². The van der Waals surface area contributed by atoms with Gasteiger partial charge < -0.3 is 9.95 Å². The summed E-state index contributed by atoms with van der Waals surface area (Å²) in [4.78, 5) is 3.26. The van der Waals surface area contributed by atoms with Gasteiger partial charge in [0.2, 0.25) is 6.54 Å². The zero-order valence-corrected chi connectivity index (χ0v) is 6.83. The van der Waals surface area contributed by atoms with Crippen LogP contribution < -0.4 is 0 Å². The summed E-state index contributed by atoms with van der Waals surface area (Å²) in [5, 5.41) is 9.11. The third kappa shape index (κ3) is 2.63. The summed E-state index contributed by atoms with van der Waals surface area (Å²) in [6, 6.07) is 7.18. The molecule has 0 atom stereocenters. The van der Waals surface area contributed by atoms with Crippen molar-refractivity contribution in [2.45, 2.75) is 12.8 Å². The van der Waals surface area contributed by atoms with Gasteiger partial charge in [0.25, 0.3) is 0 Å². The van der Waals surface area contributed by atoms with Crippen molar-refractivity contribution >= 4 is 0 Å². The van der Waals surface area contributed by atoms with Gasteiger partial charge in [0, 0.05) is 6.42 Å². The zero-order valence-electron chi connectivity index (χ0n) is 6.83. The molecule has 0 aliphatic rings. The molecule has 1 N–H and O–H groups in total. The Kier molecular flexibility index (Phi) is 3.16. The molecule has 1 rings (SSSR count). The lowest BCUT2D eigenvalue weighted by atomic mass is 10.1. The Morgan fingerprint density at radius 3 is 2.92 bits per heavy atom. The van der Waals surface area contributed by atoms with E-state index in [0.29, 0.717) is 12.3 Å². The van der Waals surface area contributed by atoms with E-state index in [1.165, 1.54) is 0 Å². The Morgan fingerprint density at radius 2 is 2.25 bits per heavy atom. The van der Waals surface area contributed by atoms with Crippen LogP contribution in [0.5, 0.6) is 5.75 Å². The molecule has 1 aromatic rings. The van der Waals surface area contributed by atoms with E-state index in [0.717, 1.165) is 18.4 Å². The molecule has 0 saturated carbocycles. The van der Waals surface area contributed by atoms with Gasteiger partial charge in [-0.1, -0.05) is 12.1 Å². The van der Waals surface area contributed by atoms with E-state index >= 15 is 0 Å². The molecule has 0 aromatic heterocycles. The molecule has 0 aliphatic heterocycles. The highest BCUT2D eigenvalue weighted by atomic mass is 16.3. The molecule has 2 heteroatoms. The summed E-state index contributed by atoms with van der Waals surface area (Å²) in [5.74, 6) is 0.301. The highest BCUT2D eigenvalue weighted by Crippen LogP contribution is 2.12. The minimum atomic E-state index is 0.301. The minimum absolute atomic E-state index is 0.301. The first-order valence-electron chi connectivity index (χ1n) is 3.94. The van der Waals surface area contributed by atoms with Crippen molar-refractivity contribution in [3.05, 3.63) is 41.2 Å². The zero-order chi connectivity index (χ0) is 8.81. The summed E-state index contributed by atoms with van der Waals surface area (Å²) < 4.78 is 0. The SMILES string of the molecule is [C-]#[N+]CCCc1cccc(O)c1. The predicted octanol–water partition coefficient (Wildman–Crippen LogP) is 2.24. The lowest BCUT2D eigenvalue weighted by Gasteiger charge is -1.97. The average molecular weight is 161 g/mol. The van der Waals surface area contributed by atoms with Gasteiger partial charge in [-0.3, -0.25) is 0 Å². The molecule has 12 heavy (non-hydrogen) atoms. The van der Waals surface area contributed by atoms with Gasteiger partial charge in [-0.2, -0.15) is 0 Å². The maximum Gasteiger partial charge on any atom is 0.215 e. The molecule has 0 spiro atoms. The van der Waals surface area contributed by atoms with E-state index in [9.17, 15) is 0 Å². The van der Waals surface area contributed by atoms with Gasteiger partial charge in [-0.25, -0.2) is 6.57 Å². The van der Waals surface area contributed by atoms with Crippen LogP contribution >= 0.6 is 0 Å². The van der Waals surface area contributed by atoms with Crippen molar-refractivity contribution in [3.63, 3.8) is 0 Å². The highest BCUT2D eigenvalue weighted by molar-refractivity contribution is 5.27. The number of phenolic OH excluding ortho intramolecular Hbond substituents is 1. The number of hydrogen-bond donors (Lipinski definition) is 1. The second kappa shape index (κ2) is 4.40. The van der Waals surface area contributed by atoms with Crippen LogP contribution in [-0.2, 0) is 6.42 Å². The van der Waals surface area contributed by atoms with Crippen LogP contribution in [0.1, 0.15) is 12.0 Å². The van der Waals surface area contributed by atoms with Crippen LogP contribution in [0.15, 0.2) is 24.3 Å². The van der Waals surface area contributed by atoms with Crippen LogP contribution in [-0.4, -0.2) is 11.7 Å². The van der Waals surface area contributed by atoms with Crippen LogP contribution in [0, 0.1) is 6.57 Å². The standard InChI is InChI=1S/C10H11NO/c1-11-7-3-5-9-4-2-6-10(12)8-9/h2,4,6,8,12H,3,5,7H2. The molecule has 62 valence electrons. The maximum absolute atomic E-state index is 9.11. The summed E-state index contributed by atoms with van der Waals surface area (Å²) >= 11 is 0. The molecule has 0 saturated heterocycles. The molecule has 0 aliphatic carbocycles. The minimum Gasteiger partial charge on any atom is -0.508 e. The Balaban J connectivity index is 2.48. The number of phenols is 1. The first kappa shape index (κ1) is 8.61. The predicted molar refractivity (Wildman–Crippen MR) is 47.9 cm³/mol. The second-order valence-corrected chi connectivity index (χ2v) is 2.66. The fraction of sp³-hybridized carbons (Fsp3) is 0.300. The molecule has 1 aromatic carbocycles. The van der Waals surface area contributed by atoms with Crippen molar-refractivity contribution in [2.24, 2.45) is 0 Å². The second-order valence-electron chi connectivity index (χ2n) is 2.66. The Hall–Kier alpha value is -1.49. The van der Waals surface area contributed by atoms with Crippen molar-refractivity contribution < 1.29 is 5.11 Å². The van der Waals surface area contributed by atoms with Crippen molar-refractivity contribution in [3.8, 4) is 5.75 Å². The molecule has 0 radical (unpaired) electrons. The van der Waals surface area contributed by atoms with Crippen LogP contribution in [0.2, 0.25) is 0 Å². The summed E-state index contributed by atoms with van der Waals surface area (Å²) in [6.45, 7) is 7.15. The monoisotopic (exact) mass is 161 g/mol. The molecule has 0 unspecified atom stereocenters. The third-order valence-corrected chi connectivity index (χ3v) is 1.65. The summed E-state index contributed by atoms with van der Waals surface area (Å²) in [7, 11) is 0. The van der Waals surface area contributed by atoms with E-state index in [4.69, 9.17) is 11.7 Å². The Morgan fingerprint density at radius 1 is 1.42 bits per heavy atom. The molecule has 2 nitrogen and oxygen atoms in total. The fourth-order valence-corrected chi connectivity index (χ4v) is 1.07. The maximum atomic E-state index is 9.11. The molecule has 0 fully saturated rings. The Bertz CT molecular complexity index is 288. The molecule has 0 heterocycles. The van der Waals surface area contributed by atoms with Crippen molar-refractivity contribution in [1.82, 2.24) is 0 Å². The normalized spacial score (nSPS) is 9.25. The van der Waals surface area contributed by atoms with Gasteiger partial charge >= 0.3 is 0 Å². The number of benzene rings is 1. The number of aryl methyl sites for hydroxylation is 1. The van der Waals surface area contributed by atoms with Crippen LogP contribution in [0.4, 0.5) is 0 Å². The van der Waals surface area contributed by atoms with Crippen molar-refractivity contribution in [1.29, 1.82) is 0 Å². The largest absolute Gasteiger partial charge is 0.508 e. The lowest BCUT2D eigenvalue weighted by Crippen LogP contribution is -1.86. The van der Waals surface area contributed by atoms with Crippen LogP contribution in [0.3, 0.4) is 0 Å². The number of nitrogens with zero attached hydrogens (tertiary/aromatic N) is 1. The van der Waals surface area contributed by atoms with E-state index in [1.807, 2.05) is 12.1 Å². The van der Waals surface area contributed by atoms with Crippen molar-refractivity contribution in [2.75, 3.05) is 6.54 Å². The van der Waals surface area contributed by atoms with E-state index in [2.05, 4.69) is 4.85 Å². The van der Waals surface area contributed by atoms with Gasteiger partial charge in [-0.05, 0) is 24.1 Å². The number of aromatic hydroxyl groups is 1. The van der Waals surface area contributed by atoms with E-state index < -0.39 is 0 Å². The fourth-order valence-electron chi connectivity index (χ4n) is 1.07. The quantitative estimate of drug-likeness (QED) is 0.533. The van der Waals surface area contributed by atoms with Gasteiger partial charge in [0.15, 0.2) is 0 Å². The van der Waals surface area contributed by atoms with Gasteiger partial charge in [0.05, 0.1) is 0 Å². The molecule has 0 bridgehead atoms. The summed E-state index contributed by atoms with van der Waals surface area (Å²) in [6.07, 6.45) is 1.74. The first-order chi connectivity index (χ1) is 5.83. The smallest absolute Gasteiger partial charge is 0.215 e. The molecular weight excluding hydrogens is 150 g/mol. The third-order valence-electron chi connectivity index (χ3n) is 1.65. The number of rotatable bonds is 3. The van der Waals surface area contributed by atoms with E-state index in [-0.39, 0.29) is 0 Å². The highest BCUT2D eigenvalue weighted by Gasteiger charge is 1.95. The molecule has 0 amide bonds. The van der Waals surface area contributed by atoms with Gasteiger partial charge in [-0.15, -0.1) is 0 Å². The lowest BCUT2D eigenvalue weighted by molar-refractivity contribution is 0.474. The van der Waals surface area contributed by atoms with E-state index in [1.54, 1.807) is 12.1 Å². The Labute approximate surface area is 72.3 Å². The summed E-state index contributed by atoms with van der Waals surface area (Å²) in [5.41, 5.74) is 1.10. The first-order valence-corrected chi connectivity index (χ1v) is 3.94. The molecular formula is C10H11NO.